The molecule has 0 bridgehead atoms. The molecule has 4 aromatic rings. The van der Waals surface area contributed by atoms with E-state index in [1.54, 1.807) is 0 Å². The van der Waals surface area contributed by atoms with Gasteiger partial charge in [0.25, 0.3) is 0 Å². The zero-order valence-corrected chi connectivity index (χ0v) is 15.6. The molecule has 2 heterocycles. The second-order valence-electron chi connectivity index (χ2n) is 6.35. The third-order valence-corrected chi connectivity index (χ3v) is 5.29. The lowest BCUT2D eigenvalue weighted by atomic mass is 9.95. The van der Waals surface area contributed by atoms with Crippen molar-refractivity contribution in [3.05, 3.63) is 94.0 Å². The molecule has 1 N–H and O–H groups in total. The number of fused-ring (bicyclic) bond motifs is 3. The van der Waals surface area contributed by atoms with Crippen LogP contribution in [0, 0.1) is 0 Å². The number of halogens is 2. The fraction of sp³-hybridized carbons (Fsp3) is 0.0476. The number of benzene rings is 3. The zero-order valence-electron chi connectivity index (χ0n) is 14.1. The van der Waals surface area contributed by atoms with Crippen LogP contribution in [-0.4, -0.2) is 14.8 Å². The molecule has 27 heavy (non-hydrogen) atoms. The summed E-state index contributed by atoms with van der Waals surface area (Å²) in [6.45, 7) is 0. The van der Waals surface area contributed by atoms with Crippen molar-refractivity contribution in [1.29, 1.82) is 0 Å². The molecule has 0 radical (unpaired) electrons. The van der Waals surface area contributed by atoms with Crippen LogP contribution in [0.15, 0.2) is 72.8 Å². The van der Waals surface area contributed by atoms with Gasteiger partial charge in [0.1, 0.15) is 0 Å². The van der Waals surface area contributed by atoms with Crippen molar-refractivity contribution >= 4 is 29.2 Å². The maximum absolute atomic E-state index is 6.41. The minimum absolute atomic E-state index is 0.0595. The van der Waals surface area contributed by atoms with Crippen molar-refractivity contribution in [2.24, 2.45) is 0 Å². The molecule has 0 amide bonds. The van der Waals surface area contributed by atoms with Gasteiger partial charge in [-0.1, -0.05) is 65.7 Å². The molecule has 1 aromatic heterocycles. The summed E-state index contributed by atoms with van der Waals surface area (Å²) in [5, 5.41) is 13.6. The summed E-state index contributed by atoms with van der Waals surface area (Å²) in [6.07, 6.45) is 0. The number of nitrogens with one attached hydrogen (secondary N) is 1. The van der Waals surface area contributed by atoms with E-state index in [9.17, 15) is 0 Å². The molecule has 5 rings (SSSR count). The number of nitrogens with zero attached hydrogens (tertiary/aromatic N) is 3. The minimum atomic E-state index is -0.0595. The number of rotatable bonds is 2. The third kappa shape index (κ3) is 2.69. The van der Waals surface area contributed by atoms with E-state index in [4.69, 9.17) is 23.2 Å². The van der Waals surface area contributed by atoms with Crippen LogP contribution in [0.5, 0.6) is 0 Å². The molecule has 132 valence electrons. The van der Waals surface area contributed by atoms with Crippen LogP contribution in [0.4, 0.5) is 5.95 Å². The summed E-state index contributed by atoms with van der Waals surface area (Å²) >= 11 is 12.7. The summed E-state index contributed by atoms with van der Waals surface area (Å²) in [6, 6.07) is 23.7. The van der Waals surface area contributed by atoms with Gasteiger partial charge < -0.3 is 5.32 Å². The van der Waals surface area contributed by atoms with E-state index in [2.05, 4.69) is 27.6 Å². The van der Waals surface area contributed by atoms with Crippen LogP contribution in [-0.2, 0) is 0 Å². The number of anilines is 1. The molecule has 3 aromatic carbocycles. The molecule has 0 saturated carbocycles. The van der Waals surface area contributed by atoms with E-state index in [0.717, 1.165) is 22.4 Å². The lowest BCUT2D eigenvalue weighted by Gasteiger charge is -2.29. The first kappa shape index (κ1) is 16.4. The predicted octanol–water partition coefficient (Wildman–Crippen LogP) is 5.76. The summed E-state index contributed by atoms with van der Waals surface area (Å²) in [5.74, 6) is 1.37. The van der Waals surface area contributed by atoms with Crippen molar-refractivity contribution in [1.82, 2.24) is 14.8 Å². The molecule has 0 spiro atoms. The molecule has 0 saturated heterocycles. The topological polar surface area (TPSA) is 42.7 Å². The zero-order chi connectivity index (χ0) is 18.4. The Bertz CT molecular complexity index is 1140. The predicted molar refractivity (Wildman–Crippen MR) is 109 cm³/mol. The Hall–Kier alpha value is -2.82. The SMILES string of the molecule is Clc1ccc2c(c1)C(c1ccccc1)Nc1nnc(-c3ccccc3Cl)n1-2. The highest BCUT2D eigenvalue weighted by atomic mass is 35.5. The molecule has 0 fully saturated rings. The molecule has 0 aliphatic carbocycles. The van der Waals surface area contributed by atoms with E-state index in [1.807, 2.05) is 65.2 Å². The summed E-state index contributed by atoms with van der Waals surface area (Å²) in [5.41, 5.74) is 4.02. The number of hydrogen-bond acceptors (Lipinski definition) is 3. The molecule has 1 unspecified atom stereocenters. The van der Waals surface area contributed by atoms with E-state index in [0.29, 0.717) is 21.8 Å². The maximum Gasteiger partial charge on any atom is 0.230 e. The average molecular weight is 393 g/mol. The van der Waals surface area contributed by atoms with Gasteiger partial charge in [0.15, 0.2) is 5.82 Å². The van der Waals surface area contributed by atoms with E-state index >= 15 is 0 Å². The smallest absolute Gasteiger partial charge is 0.230 e. The van der Waals surface area contributed by atoms with Crippen molar-refractivity contribution < 1.29 is 0 Å². The fourth-order valence-corrected chi connectivity index (χ4v) is 3.90. The maximum atomic E-state index is 6.41. The lowest BCUT2D eigenvalue weighted by Crippen LogP contribution is -2.23. The summed E-state index contributed by atoms with van der Waals surface area (Å²) in [7, 11) is 0. The number of aromatic nitrogens is 3. The molecule has 1 aliphatic rings. The monoisotopic (exact) mass is 392 g/mol. The highest BCUT2D eigenvalue weighted by Crippen LogP contribution is 2.40. The van der Waals surface area contributed by atoms with Crippen LogP contribution in [0.3, 0.4) is 0 Å². The Morgan fingerprint density at radius 2 is 1.63 bits per heavy atom. The van der Waals surface area contributed by atoms with Gasteiger partial charge >= 0.3 is 0 Å². The van der Waals surface area contributed by atoms with Gasteiger partial charge in [-0.05, 0) is 35.9 Å². The highest BCUT2D eigenvalue weighted by Gasteiger charge is 2.29. The van der Waals surface area contributed by atoms with E-state index < -0.39 is 0 Å². The Morgan fingerprint density at radius 1 is 0.852 bits per heavy atom. The Labute approximate surface area is 166 Å². The van der Waals surface area contributed by atoms with Gasteiger partial charge in [-0.15, -0.1) is 10.2 Å². The van der Waals surface area contributed by atoms with Crippen molar-refractivity contribution in [2.75, 3.05) is 5.32 Å². The van der Waals surface area contributed by atoms with E-state index in [1.165, 1.54) is 0 Å². The molecule has 6 heteroatoms. The van der Waals surface area contributed by atoms with Crippen LogP contribution in [0.1, 0.15) is 17.2 Å². The first-order valence-corrected chi connectivity index (χ1v) is 9.29. The van der Waals surface area contributed by atoms with Gasteiger partial charge in [0.2, 0.25) is 5.95 Å². The largest absolute Gasteiger partial charge is 0.343 e. The van der Waals surface area contributed by atoms with Crippen molar-refractivity contribution in [3.8, 4) is 17.1 Å². The third-order valence-electron chi connectivity index (χ3n) is 4.73. The first-order chi connectivity index (χ1) is 13.2. The van der Waals surface area contributed by atoms with Crippen LogP contribution >= 0.6 is 23.2 Å². The van der Waals surface area contributed by atoms with Crippen molar-refractivity contribution in [2.45, 2.75) is 6.04 Å². The first-order valence-electron chi connectivity index (χ1n) is 8.54. The average Bonchev–Trinajstić information content (AvgIpc) is 3.12. The van der Waals surface area contributed by atoms with Gasteiger partial charge in [0.05, 0.1) is 16.8 Å². The van der Waals surface area contributed by atoms with Gasteiger partial charge in [-0.2, -0.15) is 0 Å². The van der Waals surface area contributed by atoms with E-state index in [-0.39, 0.29) is 6.04 Å². The molecule has 4 nitrogen and oxygen atoms in total. The Morgan fingerprint density at radius 3 is 2.44 bits per heavy atom. The fourth-order valence-electron chi connectivity index (χ4n) is 3.50. The molecular formula is C21H14Cl2N4. The van der Waals surface area contributed by atoms with Crippen molar-refractivity contribution in [3.63, 3.8) is 0 Å². The minimum Gasteiger partial charge on any atom is -0.343 e. The lowest BCUT2D eigenvalue weighted by molar-refractivity contribution is 0.839. The normalized spacial score (nSPS) is 15.0. The molecular weight excluding hydrogens is 379 g/mol. The van der Waals surface area contributed by atoms with Crippen LogP contribution in [0.25, 0.3) is 17.1 Å². The van der Waals surface area contributed by atoms with Gasteiger partial charge in [-0.25, -0.2) is 0 Å². The van der Waals surface area contributed by atoms with Gasteiger partial charge in [-0.3, -0.25) is 4.57 Å². The Balaban J connectivity index is 1.74. The second-order valence-corrected chi connectivity index (χ2v) is 7.20. The Kier molecular flexibility index (Phi) is 3.88. The second kappa shape index (κ2) is 6.41. The summed E-state index contributed by atoms with van der Waals surface area (Å²) in [4.78, 5) is 0. The highest BCUT2D eigenvalue weighted by molar-refractivity contribution is 6.33. The van der Waals surface area contributed by atoms with Crippen LogP contribution < -0.4 is 5.32 Å². The molecule has 1 atom stereocenters. The molecule has 1 aliphatic heterocycles. The standard InChI is InChI=1S/C21H14Cl2N4/c22-14-10-11-18-16(12-14)19(13-6-2-1-3-7-13)24-21-26-25-20(27(18)21)15-8-4-5-9-17(15)23/h1-12,19H,(H,24,26). The summed E-state index contributed by atoms with van der Waals surface area (Å²) < 4.78 is 1.99. The quantitative estimate of drug-likeness (QED) is 0.471. The van der Waals surface area contributed by atoms with Crippen LogP contribution in [0.2, 0.25) is 10.0 Å². The number of hydrogen-bond donors (Lipinski definition) is 1. The van der Waals surface area contributed by atoms with Gasteiger partial charge in [0, 0.05) is 16.1 Å².